The summed E-state index contributed by atoms with van der Waals surface area (Å²) in [5, 5.41) is 23.1. The van der Waals surface area contributed by atoms with Crippen LogP contribution in [-0.2, 0) is 26.5 Å². The molecule has 8 nitrogen and oxygen atoms in total. The molecule has 0 aliphatic carbocycles. The summed E-state index contributed by atoms with van der Waals surface area (Å²) < 4.78 is 5.38. The third kappa shape index (κ3) is 6.17. The summed E-state index contributed by atoms with van der Waals surface area (Å²) in [7, 11) is -2.21. The molecule has 0 fully saturated rings. The maximum absolute atomic E-state index is 13.6. The molecule has 1 unspecified atom stereocenters. The van der Waals surface area contributed by atoms with Crippen LogP contribution in [0.4, 0.5) is 11.4 Å². The minimum Gasteiger partial charge on any atom is -0.456 e. The van der Waals surface area contributed by atoms with Crippen molar-refractivity contribution < 1.29 is 19.2 Å². The number of nitro groups is 1. The number of hydrogen-bond donors (Lipinski definition) is 0. The molecule has 2 rings (SSSR count). The van der Waals surface area contributed by atoms with Crippen molar-refractivity contribution in [1.82, 2.24) is 0 Å². The molecule has 0 saturated carbocycles. The Bertz CT molecular complexity index is 1030. The van der Waals surface area contributed by atoms with E-state index in [9.17, 15) is 25.0 Å². The van der Waals surface area contributed by atoms with Crippen LogP contribution in [0.5, 0.6) is 0 Å². The molecule has 34 heavy (non-hydrogen) atoms. The van der Waals surface area contributed by atoms with Crippen molar-refractivity contribution >= 4 is 32.5 Å². The highest BCUT2D eigenvalue weighted by atomic mass is 32.3. The van der Waals surface area contributed by atoms with Gasteiger partial charge in [0.1, 0.15) is 22.9 Å². The van der Waals surface area contributed by atoms with E-state index in [1.807, 2.05) is 31.7 Å². The van der Waals surface area contributed by atoms with Gasteiger partial charge in [0.05, 0.1) is 4.92 Å². The van der Waals surface area contributed by atoms with Gasteiger partial charge < -0.3 is 9.64 Å². The second-order valence-electron chi connectivity index (χ2n) is 9.38. The Morgan fingerprint density at radius 2 is 1.91 bits per heavy atom. The van der Waals surface area contributed by atoms with Crippen LogP contribution in [0.25, 0.3) is 0 Å². The second-order valence-corrected chi connectivity index (χ2v) is 12.7. The summed E-state index contributed by atoms with van der Waals surface area (Å²) in [6, 6.07) is 5.27. The van der Waals surface area contributed by atoms with Crippen LogP contribution in [0.2, 0.25) is 0 Å². The zero-order valence-corrected chi connectivity index (χ0v) is 21.8. The van der Waals surface area contributed by atoms with Gasteiger partial charge in [0, 0.05) is 31.3 Å². The summed E-state index contributed by atoms with van der Waals surface area (Å²) in [5.74, 6) is 0.0652. The summed E-state index contributed by atoms with van der Waals surface area (Å²) >= 11 is 0. The molecule has 186 valence electrons. The number of ether oxygens (including phenoxy) is 1. The van der Waals surface area contributed by atoms with E-state index in [1.54, 1.807) is 32.9 Å². The smallest absolute Gasteiger partial charge is 0.349 e. The van der Waals surface area contributed by atoms with E-state index in [-0.39, 0.29) is 33.5 Å². The number of nitrogens with zero attached hydrogens (tertiary/aromatic N) is 3. The van der Waals surface area contributed by atoms with Gasteiger partial charge in [0.2, 0.25) is 0 Å². The van der Waals surface area contributed by atoms with Crippen LogP contribution in [0.3, 0.4) is 0 Å². The predicted molar refractivity (Wildman–Crippen MR) is 136 cm³/mol. The summed E-state index contributed by atoms with van der Waals surface area (Å²) in [4.78, 5) is 39.6. The van der Waals surface area contributed by atoms with Crippen molar-refractivity contribution in [2.45, 2.75) is 72.2 Å². The standard InChI is InChI=1S/C25H35N3O5S/c1-7-10-11-34(17-20(15-26)24(30)33-25(4,5)6)16-19-13-22(28(31)32)21(27(8-2)9-3)12-18(19)14-23(34)29/h12-13,17H,7-11,14,16H2,1-6H3/b20-17+. The Labute approximate surface area is 203 Å². The van der Waals surface area contributed by atoms with Crippen molar-refractivity contribution in [2.24, 2.45) is 0 Å². The average molecular weight is 490 g/mol. The molecule has 0 radical (unpaired) electrons. The number of esters is 1. The molecule has 0 aromatic heterocycles. The number of rotatable bonds is 9. The topological polar surface area (TPSA) is 114 Å². The van der Waals surface area contributed by atoms with E-state index in [2.05, 4.69) is 0 Å². The molecule has 9 heteroatoms. The highest BCUT2D eigenvalue weighted by Crippen LogP contribution is 2.59. The molecule has 1 heterocycles. The van der Waals surface area contributed by atoms with Crippen molar-refractivity contribution in [1.29, 1.82) is 5.26 Å². The van der Waals surface area contributed by atoms with Crippen molar-refractivity contribution in [3.8, 4) is 6.07 Å². The Hall–Kier alpha value is -2.86. The van der Waals surface area contributed by atoms with Gasteiger partial charge in [0.25, 0.3) is 5.69 Å². The molecule has 0 spiro atoms. The van der Waals surface area contributed by atoms with E-state index >= 15 is 0 Å². The molecular formula is C25H35N3O5S. The number of carbonyl (C=O) groups excluding carboxylic acids is 2. The fourth-order valence-corrected chi connectivity index (χ4v) is 7.55. The molecule has 1 aliphatic heterocycles. The molecule has 0 bridgehead atoms. The first-order valence-electron chi connectivity index (χ1n) is 11.6. The fraction of sp³-hybridized carbons (Fsp3) is 0.560. The molecule has 1 aromatic rings. The van der Waals surface area contributed by atoms with Gasteiger partial charge >= 0.3 is 5.97 Å². The molecule has 0 N–H and O–H groups in total. The normalized spacial score (nSPS) is 20.0. The van der Waals surface area contributed by atoms with Crippen molar-refractivity contribution in [3.63, 3.8) is 0 Å². The first-order chi connectivity index (χ1) is 15.9. The zero-order chi connectivity index (χ0) is 25.7. The Balaban J connectivity index is 2.63. The Kier molecular flexibility index (Phi) is 8.89. The Morgan fingerprint density at radius 3 is 2.41 bits per heavy atom. The second kappa shape index (κ2) is 11.0. The third-order valence-electron chi connectivity index (χ3n) is 5.74. The summed E-state index contributed by atoms with van der Waals surface area (Å²) in [6.45, 7) is 12.3. The average Bonchev–Trinajstić information content (AvgIpc) is 2.75. The fourth-order valence-electron chi connectivity index (χ4n) is 4.02. The van der Waals surface area contributed by atoms with Crippen LogP contribution < -0.4 is 4.90 Å². The van der Waals surface area contributed by atoms with Gasteiger partial charge in [0.15, 0.2) is 5.12 Å². The number of fused-ring (bicyclic) bond motifs is 1. The highest BCUT2D eigenvalue weighted by Gasteiger charge is 2.38. The number of carbonyl (C=O) groups is 2. The number of benzene rings is 1. The summed E-state index contributed by atoms with van der Waals surface area (Å²) in [6.07, 6.45) is 1.72. The lowest BCUT2D eigenvalue weighted by Crippen LogP contribution is -2.28. The molecule has 1 aliphatic rings. The van der Waals surface area contributed by atoms with Crippen LogP contribution in [-0.4, -0.2) is 40.5 Å². The van der Waals surface area contributed by atoms with Crippen molar-refractivity contribution in [3.05, 3.63) is 44.4 Å². The number of anilines is 1. The number of unbranched alkanes of at least 4 members (excludes halogenated alkanes) is 1. The predicted octanol–water partition coefficient (Wildman–Crippen LogP) is 5.38. The maximum atomic E-state index is 13.6. The molecule has 1 aromatic carbocycles. The largest absolute Gasteiger partial charge is 0.456 e. The first-order valence-corrected chi connectivity index (χ1v) is 13.7. The van der Waals surface area contributed by atoms with E-state index < -0.39 is 21.6 Å². The minimum absolute atomic E-state index is 0.0101. The first kappa shape index (κ1) is 27.4. The van der Waals surface area contributed by atoms with E-state index in [4.69, 9.17) is 4.74 Å². The lowest BCUT2D eigenvalue weighted by atomic mass is 10.0. The maximum Gasteiger partial charge on any atom is 0.349 e. The lowest BCUT2D eigenvalue weighted by Gasteiger charge is -2.40. The highest BCUT2D eigenvalue weighted by molar-refractivity contribution is 8.46. The zero-order valence-electron chi connectivity index (χ0n) is 21.0. The SMILES string of the molecule is CCCCS1(/C=C(\C#N)C(=O)OC(C)(C)C)Cc2cc([N+](=O)[O-])c(N(CC)CC)cc2CC1=O. The molecule has 0 saturated heterocycles. The van der Waals surface area contributed by atoms with Crippen LogP contribution in [0, 0.1) is 21.4 Å². The van der Waals surface area contributed by atoms with Gasteiger partial charge in [-0.15, -0.1) is 0 Å². The van der Waals surface area contributed by atoms with Crippen molar-refractivity contribution in [2.75, 3.05) is 23.7 Å². The Morgan fingerprint density at radius 1 is 1.26 bits per heavy atom. The van der Waals surface area contributed by atoms with Crippen LogP contribution in [0.15, 0.2) is 23.1 Å². The van der Waals surface area contributed by atoms with Gasteiger partial charge in [-0.25, -0.2) is 4.79 Å². The van der Waals surface area contributed by atoms with E-state index in [0.29, 0.717) is 24.5 Å². The molecular weight excluding hydrogens is 454 g/mol. The van der Waals surface area contributed by atoms with E-state index in [0.717, 1.165) is 24.0 Å². The third-order valence-corrected chi connectivity index (χ3v) is 9.33. The quantitative estimate of drug-likeness (QED) is 0.150. The van der Waals surface area contributed by atoms with Crippen LogP contribution >= 0.6 is 10.0 Å². The molecule has 1 atom stereocenters. The minimum atomic E-state index is -2.21. The van der Waals surface area contributed by atoms with Gasteiger partial charge in [-0.3, -0.25) is 14.9 Å². The van der Waals surface area contributed by atoms with Gasteiger partial charge in [-0.05, 0) is 69.4 Å². The van der Waals surface area contributed by atoms with Crippen LogP contribution in [0.1, 0.15) is 65.5 Å². The molecule has 0 amide bonds. The monoisotopic (exact) mass is 489 g/mol. The number of nitriles is 1. The number of hydrogen-bond acceptors (Lipinski definition) is 7. The van der Waals surface area contributed by atoms with E-state index in [1.165, 1.54) is 5.41 Å². The summed E-state index contributed by atoms with van der Waals surface area (Å²) in [5.41, 5.74) is 1.10. The van der Waals surface area contributed by atoms with Gasteiger partial charge in [-0.2, -0.15) is 15.3 Å². The number of nitro benzene ring substituents is 1. The lowest BCUT2D eigenvalue weighted by molar-refractivity contribution is -0.384. The van der Waals surface area contributed by atoms with Gasteiger partial charge in [-0.1, -0.05) is 13.3 Å².